The zero-order chi connectivity index (χ0) is 33.5. The Labute approximate surface area is 270 Å². The fourth-order valence-corrected chi connectivity index (χ4v) is 9.24. The molecule has 5 rings (SSSR count). The molecule has 47 heavy (non-hydrogen) atoms. The second-order valence-corrected chi connectivity index (χ2v) is 14.2. The lowest BCUT2D eigenvalue weighted by molar-refractivity contribution is -0.143. The van der Waals surface area contributed by atoms with Crippen LogP contribution in [0.25, 0.3) is 0 Å². The van der Waals surface area contributed by atoms with Crippen LogP contribution < -0.4 is 21.2 Å². The molecule has 0 heterocycles. The maximum Gasteiger partial charge on any atom is 0.416 e. The largest absolute Gasteiger partial charge is 0.416 e. The van der Waals surface area contributed by atoms with E-state index >= 15 is 0 Å². The van der Waals surface area contributed by atoms with Crippen LogP contribution in [0.3, 0.4) is 0 Å². The summed E-state index contributed by atoms with van der Waals surface area (Å²) in [6.07, 6.45) is -9.58. The highest BCUT2D eigenvalue weighted by Crippen LogP contribution is 2.46. The van der Waals surface area contributed by atoms with Crippen molar-refractivity contribution in [3.05, 3.63) is 174 Å². The van der Waals surface area contributed by atoms with Gasteiger partial charge in [-0.05, 0) is 35.7 Å². The number of rotatable bonds is 11. The standard InChI is InChI=1S/C38H33F6N2P/c1-28(24-29-25-31(37(39,40)41)27-32(26-29)38(42,43)44)46-36(30-14-6-2-7-15-30)22-23-45-47(33-16-8-3-9-17-33,34-18-10-4-11-19-34)35-20-12-5-13-21-35/h2-21,25-27,36,46H,1,22-24H2/t36-/m1/s1. The molecule has 5 aromatic carbocycles. The minimum atomic E-state index is -4.93. The van der Waals surface area contributed by atoms with E-state index in [1.54, 1.807) is 0 Å². The number of halogens is 6. The highest BCUT2D eigenvalue weighted by molar-refractivity contribution is 7.87. The van der Waals surface area contributed by atoms with E-state index in [9.17, 15) is 26.3 Å². The summed E-state index contributed by atoms with van der Waals surface area (Å²) in [6, 6.07) is 41.2. The number of alkyl halides is 6. The molecule has 1 atom stereocenters. The Morgan fingerprint density at radius 2 is 1.02 bits per heavy atom. The molecule has 0 aliphatic heterocycles. The van der Waals surface area contributed by atoms with Crippen molar-refractivity contribution in [1.29, 1.82) is 0 Å². The molecule has 0 aromatic heterocycles. The molecule has 0 saturated carbocycles. The summed E-state index contributed by atoms with van der Waals surface area (Å²) in [5.74, 6) is 0. The topological polar surface area (TPSA) is 24.4 Å². The highest BCUT2D eigenvalue weighted by atomic mass is 31.2. The van der Waals surface area contributed by atoms with Crippen molar-refractivity contribution in [2.45, 2.75) is 31.2 Å². The van der Waals surface area contributed by atoms with Gasteiger partial charge in [0, 0.05) is 34.6 Å². The smallest absolute Gasteiger partial charge is 0.382 e. The third kappa shape index (κ3) is 8.25. The maximum atomic E-state index is 13.5. The second-order valence-electron chi connectivity index (χ2n) is 11.1. The summed E-state index contributed by atoms with van der Waals surface area (Å²) in [6.45, 7) is 4.41. The monoisotopic (exact) mass is 662 g/mol. The SMILES string of the molecule is C=C(Cc1cc(C(F)(F)F)cc(C(F)(F)F)c1)N[C@H](CCN=P(c1ccccc1)(c1ccccc1)c1ccccc1)c1ccccc1. The first-order valence-electron chi connectivity index (χ1n) is 15.0. The van der Waals surface area contributed by atoms with E-state index in [2.05, 4.69) is 48.3 Å². The van der Waals surface area contributed by atoms with E-state index < -0.39 is 30.5 Å². The van der Waals surface area contributed by atoms with Gasteiger partial charge >= 0.3 is 12.4 Å². The molecule has 2 nitrogen and oxygen atoms in total. The van der Waals surface area contributed by atoms with Gasteiger partial charge in [-0.2, -0.15) is 26.3 Å². The predicted molar refractivity (Wildman–Crippen MR) is 179 cm³/mol. The van der Waals surface area contributed by atoms with Crippen LogP contribution in [0.4, 0.5) is 26.3 Å². The first-order valence-corrected chi connectivity index (χ1v) is 16.7. The lowest BCUT2D eigenvalue weighted by atomic mass is 10.00. The lowest BCUT2D eigenvalue weighted by Crippen LogP contribution is -2.26. The van der Waals surface area contributed by atoms with E-state index in [1.165, 1.54) is 0 Å². The van der Waals surface area contributed by atoms with Gasteiger partial charge < -0.3 is 5.32 Å². The van der Waals surface area contributed by atoms with Crippen LogP contribution in [-0.2, 0) is 18.8 Å². The molecule has 0 aliphatic rings. The third-order valence-electron chi connectivity index (χ3n) is 7.76. The van der Waals surface area contributed by atoms with Gasteiger partial charge in [0.15, 0.2) is 0 Å². The molecular weight excluding hydrogens is 629 g/mol. The minimum absolute atomic E-state index is 0.134. The Bertz CT molecular complexity index is 1690. The van der Waals surface area contributed by atoms with Crippen LogP contribution >= 0.6 is 7.05 Å². The van der Waals surface area contributed by atoms with Crippen LogP contribution in [0.2, 0.25) is 0 Å². The van der Waals surface area contributed by atoms with Crippen molar-refractivity contribution in [3.8, 4) is 0 Å². The molecule has 0 radical (unpaired) electrons. The van der Waals surface area contributed by atoms with Crippen LogP contribution in [0.1, 0.15) is 34.7 Å². The molecule has 9 heteroatoms. The van der Waals surface area contributed by atoms with E-state index in [0.29, 0.717) is 18.7 Å². The Morgan fingerprint density at radius 3 is 1.43 bits per heavy atom. The number of hydrogen-bond acceptors (Lipinski definition) is 2. The van der Waals surface area contributed by atoms with Crippen molar-refractivity contribution in [2.24, 2.45) is 4.74 Å². The van der Waals surface area contributed by atoms with Crippen molar-refractivity contribution < 1.29 is 26.3 Å². The normalized spacial score (nSPS) is 12.7. The molecule has 1 N–H and O–H groups in total. The zero-order valence-electron chi connectivity index (χ0n) is 25.3. The van der Waals surface area contributed by atoms with Crippen LogP contribution in [0, 0.1) is 0 Å². The van der Waals surface area contributed by atoms with Gasteiger partial charge in [0.25, 0.3) is 0 Å². The summed E-state index contributed by atoms with van der Waals surface area (Å²) < 4.78 is 86.5. The molecule has 0 fully saturated rings. The Hall–Kier alpha value is -4.55. The number of nitrogens with zero attached hydrogens (tertiary/aromatic N) is 1. The molecule has 5 aromatic rings. The minimum Gasteiger partial charge on any atom is -0.382 e. The quantitative estimate of drug-likeness (QED) is 0.111. The Balaban J connectivity index is 1.49. The summed E-state index contributed by atoms with van der Waals surface area (Å²) in [7, 11) is -2.47. The third-order valence-corrected chi connectivity index (χ3v) is 11.5. The summed E-state index contributed by atoms with van der Waals surface area (Å²) in [5, 5.41) is 6.58. The molecule has 0 spiro atoms. The van der Waals surface area contributed by atoms with Crippen LogP contribution in [-0.4, -0.2) is 6.54 Å². The van der Waals surface area contributed by atoms with E-state index in [4.69, 9.17) is 4.74 Å². The van der Waals surface area contributed by atoms with Gasteiger partial charge in [-0.25, -0.2) is 0 Å². The van der Waals surface area contributed by atoms with Crippen molar-refractivity contribution >= 4 is 23.0 Å². The summed E-state index contributed by atoms with van der Waals surface area (Å²) in [4.78, 5) is 0. The molecule has 0 amide bonds. The van der Waals surface area contributed by atoms with Gasteiger partial charge in [-0.15, -0.1) is 0 Å². The van der Waals surface area contributed by atoms with Gasteiger partial charge in [0.05, 0.1) is 24.2 Å². The molecule has 0 aliphatic carbocycles. The highest BCUT2D eigenvalue weighted by Gasteiger charge is 2.37. The van der Waals surface area contributed by atoms with Crippen LogP contribution in [0.5, 0.6) is 0 Å². The molecule has 0 saturated heterocycles. The fourth-order valence-electron chi connectivity index (χ4n) is 5.63. The fraction of sp³-hybridized carbons (Fsp3) is 0.158. The number of nitrogens with one attached hydrogen (secondary N) is 1. The van der Waals surface area contributed by atoms with E-state index in [-0.39, 0.29) is 24.1 Å². The number of allylic oxidation sites excluding steroid dienone is 1. The first-order chi connectivity index (χ1) is 22.5. The van der Waals surface area contributed by atoms with Gasteiger partial charge in [0.1, 0.15) is 0 Å². The Morgan fingerprint density at radius 1 is 0.617 bits per heavy atom. The van der Waals surface area contributed by atoms with Crippen LogP contribution in [0.15, 0.2) is 157 Å². The molecule has 0 bridgehead atoms. The zero-order valence-corrected chi connectivity index (χ0v) is 26.2. The maximum absolute atomic E-state index is 13.5. The molecule has 0 unspecified atom stereocenters. The average Bonchev–Trinajstić information content (AvgIpc) is 3.07. The summed E-state index contributed by atoms with van der Waals surface area (Å²) in [5.41, 5.74) is -1.65. The number of hydrogen-bond donors (Lipinski definition) is 1. The second kappa shape index (κ2) is 14.5. The molecular formula is C38H33F6N2P. The summed E-state index contributed by atoms with van der Waals surface area (Å²) >= 11 is 0. The van der Waals surface area contributed by atoms with Gasteiger partial charge in [0.2, 0.25) is 0 Å². The molecule has 242 valence electrons. The lowest BCUT2D eigenvalue weighted by Gasteiger charge is -2.28. The van der Waals surface area contributed by atoms with Gasteiger partial charge in [-0.1, -0.05) is 128 Å². The van der Waals surface area contributed by atoms with Crippen molar-refractivity contribution in [2.75, 3.05) is 6.54 Å². The average molecular weight is 663 g/mol. The van der Waals surface area contributed by atoms with E-state index in [1.807, 2.05) is 84.9 Å². The van der Waals surface area contributed by atoms with Crippen molar-refractivity contribution in [1.82, 2.24) is 5.32 Å². The number of benzene rings is 5. The van der Waals surface area contributed by atoms with E-state index in [0.717, 1.165) is 33.6 Å². The van der Waals surface area contributed by atoms with Crippen molar-refractivity contribution in [3.63, 3.8) is 0 Å². The predicted octanol–water partition coefficient (Wildman–Crippen LogP) is 9.68. The first kappa shape index (κ1) is 33.8. The van der Waals surface area contributed by atoms with Gasteiger partial charge in [-0.3, -0.25) is 4.74 Å². The Kier molecular flexibility index (Phi) is 10.4.